The zero-order valence-electron chi connectivity index (χ0n) is 11.8. The smallest absolute Gasteiger partial charge is 0.0991 e. The van der Waals surface area contributed by atoms with Crippen LogP contribution in [0.1, 0.15) is 36.9 Å². The van der Waals surface area contributed by atoms with Crippen LogP contribution in [0.25, 0.3) is 0 Å². The van der Waals surface area contributed by atoms with Gasteiger partial charge in [0.1, 0.15) is 0 Å². The van der Waals surface area contributed by atoms with Crippen molar-refractivity contribution in [1.82, 2.24) is 4.90 Å². The zero-order chi connectivity index (χ0) is 13.7. The van der Waals surface area contributed by atoms with Gasteiger partial charge in [0.25, 0.3) is 0 Å². The van der Waals surface area contributed by atoms with Gasteiger partial charge in [0, 0.05) is 19.8 Å². The summed E-state index contributed by atoms with van der Waals surface area (Å²) in [7, 11) is 1.78. The van der Waals surface area contributed by atoms with E-state index in [4.69, 9.17) is 10.00 Å². The number of likely N-dealkylation sites (tertiary alicyclic amines) is 1. The SMILES string of the molecule is COCC1CCN(C(C)c2cccc(C#N)c2)CC1. The molecule has 1 fully saturated rings. The Balaban J connectivity index is 1.97. The molecular weight excluding hydrogens is 236 g/mol. The molecule has 1 heterocycles. The quantitative estimate of drug-likeness (QED) is 0.833. The number of hydrogen-bond donors (Lipinski definition) is 0. The van der Waals surface area contributed by atoms with Crippen LogP contribution in [-0.2, 0) is 4.74 Å². The minimum absolute atomic E-state index is 0.386. The van der Waals surface area contributed by atoms with Crippen LogP contribution in [-0.4, -0.2) is 31.7 Å². The summed E-state index contributed by atoms with van der Waals surface area (Å²) in [6, 6.07) is 10.6. The van der Waals surface area contributed by atoms with Crippen molar-refractivity contribution in [2.24, 2.45) is 5.92 Å². The van der Waals surface area contributed by atoms with Gasteiger partial charge in [0.05, 0.1) is 11.6 Å². The monoisotopic (exact) mass is 258 g/mol. The molecule has 0 radical (unpaired) electrons. The van der Waals surface area contributed by atoms with Crippen LogP contribution in [0.4, 0.5) is 0 Å². The second kappa shape index (κ2) is 6.70. The number of hydrogen-bond acceptors (Lipinski definition) is 3. The van der Waals surface area contributed by atoms with Crippen molar-refractivity contribution in [3.05, 3.63) is 35.4 Å². The predicted molar refractivity (Wildman–Crippen MR) is 75.7 cm³/mol. The standard InChI is InChI=1S/C16H22N2O/c1-13(16-5-3-4-15(10-16)11-17)18-8-6-14(7-9-18)12-19-2/h3-5,10,13-14H,6-9,12H2,1-2H3. The van der Waals surface area contributed by atoms with E-state index in [0.29, 0.717) is 12.0 Å². The van der Waals surface area contributed by atoms with Crippen LogP contribution in [0, 0.1) is 17.2 Å². The van der Waals surface area contributed by atoms with Gasteiger partial charge in [-0.15, -0.1) is 0 Å². The Morgan fingerprint density at radius 3 is 2.79 bits per heavy atom. The van der Waals surface area contributed by atoms with Gasteiger partial charge in [-0.1, -0.05) is 12.1 Å². The highest BCUT2D eigenvalue weighted by Crippen LogP contribution is 2.27. The van der Waals surface area contributed by atoms with Crippen molar-refractivity contribution in [2.45, 2.75) is 25.8 Å². The second-order valence-electron chi connectivity index (χ2n) is 5.35. The molecule has 0 N–H and O–H groups in total. The zero-order valence-corrected chi connectivity index (χ0v) is 11.8. The summed E-state index contributed by atoms with van der Waals surface area (Å²) in [5.74, 6) is 0.707. The first-order chi connectivity index (χ1) is 9.24. The molecule has 3 heteroatoms. The van der Waals surface area contributed by atoms with Crippen molar-refractivity contribution in [3.8, 4) is 6.07 Å². The molecule has 1 aliphatic heterocycles. The molecule has 3 nitrogen and oxygen atoms in total. The number of piperidine rings is 1. The Kier molecular flexibility index (Phi) is 4.95. The predicted octanol–water partition coefficient (Wildman–Crippen LogP) is 2.98. The highest BCUT2D eigenvalue weighted by atomic mass is 16.5. The van der Waals surface area contributed by atoms with Crippen LogP contribution in [0.5, 0.6) is 0 Å². The fourth-order valence-corrected chi connectivity index (χ4v) is 2.82. The van der Waals surface area contributed by atoms with Gasteiger partial charge in [-0.25, -0.2) is 0 Å². The number of methoxy groups -OCH3 is 1. The van der Waals surface area contributed by atoms with E-state index in [0.717, 1.165) is 25.3 Å². The lowest BCUT2D eigenvalue weighted by atomic mass is 9.95. The second-order valence-corrected chi connectivity index (χ2v) is 5.35. The summed E-state index contributed by atoms with van der Waals surface area (Å²) < 4.78 is 5.24. The summed E-state index contributed by atoms with van der Waals surface area (Å²) in [6.07, 6.45) is 2.41. The number of nitrogens with zero attached hydrogens (tertiary/aromatic N) is 2. The Hall–Kier alpha value is -1.37. The van der Waals surface area contributed by atoms with Crippen molar-refractivity contribution in [1.29, 1.82) is 5.26 Å². The maximum Gasteiger partial charge on any atom is 0.0991 e. The Bertz CT molecular complexity index is 444. The van der Waals surface area contributed by atoms with Crippen LogP contribution in [0.2, 0.25) is 0 Å². The van der Waals surface area contributed by atoms with E-state index in [2.05, 4.69) is 24.0 Å². The van der Waals surface area contributed by atoms with E-state index in [-0.39, 0.29) is 0 Å². The average Bonchev–Trinajstić information content (AvgIpc) is 2.48. The normalized spacial score (nSPS) is 19.0. The van der Waals surface area contributed by atoms with E-state index in [1.807, 2.05) is 18.2 Å². The Labute approximate surface area is 115 Å². The highest BCUT2D eigenvalue weighted by molar-refractivity contribution is 5.34. The van der Waals surface area contributed by atoms with Gasteiger partial charge in [0.2, 0.25) is 0 Å². The number of rotatable bonds is 4. The molecule has 0 spiro atoms. The van der Waals surface area contributed by atoms with E-state index in [1.54, 1.807) is 7.11 Å². The maximum atomic E-state index is 8.97. The van der Waals surface area contributed by atoms with Crippen LogP contribution in [0.15, 0.2) is 24.3 Å². The summed E-state index contributed by atoms with van der Waals surface area (Å²) in [5, 5.41) is 8.97. The maximum absolute atomic E-state index is 8.97. The lowest BCUT2D eigenvalue weighted by Gasteiger charge is -2.36. The van der Waals surface area contributed by atoms with Crippen LogP contribution >= 0.6 is 0 Å². The van der Waals surface area contributed by atoms with Crippen LogP contribution < -0.4 is 0 Å². The molecule has 0 aliphatic carbocycles. The third-order valence-electron chi connectivity index (χ3n) is 4.10. The van der Waals surface area contributed by atoms with Crippen molar-refractivity contribution in [3.63, 3.8) is 0 Å². The number of benzene rings is 1. The molecule has 1 aromatic carbocycles. The third-order valence-corrected chi connectivity index (χ3v) is 4.10. The molecule has 1 unspecified atom stereocenters. The molecule has 1 atom stereocenters. The third kappa shape index (κ3) is 3.56. The van der Waals surface area contributed by atoms with E-state index in [9.17, 15) is 0 Å². The Morgan fingerprint density at radius 2 is 2.16 bits per heavy atom. The summed E-state index contributed by atoms with van der Waals surface area (Å²) >= 11 is 0. The van der Waals surface area contributed by atoms with Gasteiger partial charge in [-0.05, 0) is 56.5 Å². The first-order valence-electron chi connectivity index (χ1n) is 6.97. The lowest BCUT2D eigenvalue weighted by Crippen LogP contribution is -2.36. The fraction of sp³-hybridized carbons (Fsp3) is 0.562. The van der Waals surface area contributed by atoms with E-state index >= 15 is 0 Å². The number of ether oxygens (including phenoxy) is 1. The average molecular weight is 258 g/mol. The molecule has 102 valence electrons. The summed E-state index contributed by atoms with van der Waals surface area (Å²) in [5.41, 5.74) is 1.99. The molecule has 19 heavy (non-hydrogen) atoms. The molecule has 1 aliphatic rings. The first kappa shape index (κ1) is 14.0. The van der Waals surface area contributed by atoms with Gasteiger partial charge in [-0.2, -0.15) is 5.26 Å². The minimum atomic E-state index is 0.386. The van der Waals surface area contributed by atoms with Crippen molar-refractivity contribution in [2.75, 3.05) is 26.8 Å². The fourth-order valence-electron chi connectivity index (χ4n) is 2.82. The topological polar surface area (TPSA) is 36.3 Å². The molecule has 0 aromatic heterocycles. The molecule has 1 saturated heterocycles. The highest BCUT2D eigenvalue weighted by Gasteiger charge is 2.23. The van der Waals surface area contributed by atoms with Crippen molar-refractivity contribution >= 4 is 0 Å². The molecule has 0 amide bonds. The molecule has 0 saturated carbocycles. The minimum Gasteiger partial charge on any atom is -0.384 e. The van der Waals surface area contributed by atoms with E-state index < -0.39 is 0 Å². The molecule has 0 bridgehead atoms. The summed E-state index contributed by atoms with van der Waals surface area (Å²) in [6.45, 7) is 5.34. The lowest BCUT2D eigenvalue weighted by molar-refractivity contribution is 0.0833. The molecule has 1 aromatic rings. The Morgan fingerprint density at radius 1 is 1.42 bits per heavy atom. The summed E-state index contributed by atoms with van der Waals surface area (Å²) in [4.78, 5) is 2.50. The van der Waals surface area contributed by atoms with Crippen molar-refractivity contribution < 1.29 is 4.74 Å². The van der Waals surface area contributed by atoms with Gasteiger partial charge < -0.3 is 4.74 Å². The van der Waals surface area contributed by atoms with Gasteiger partial charge in [-0.3, -0.25) is 4.90 Å². The first-order valence-corrected chi connectivity index (χ1v) is 6.97. The van der Waals surface area contributed by atoms with Gasteiger partial charge in [0.15, 0.2) is 0 Å². The molecule has 2 rings (SSSR count). The van der Waals surface area contributed by atoms with Gasteiger partial charge >= 0.3 is 0 Å². The number of nitriles is 1. The largest absolute Gasteiger partial charge is 0.384 e. The van der Waals surface area contributed by atoms with Crippen LogP contribution in [0.3, 0.4) is 0 Å². The van der Waals surface area contributed by atoms with E-state index in [1.165, 1.54) is 18.4 Å². The molecular formula is C16H22N2O.